The van der Waals surface area contributed by atoms with Crippen LogP contribution in [0.4, 0.5) is 17.6 Å². The van der Waals surface area contributed by atoms with E-state index >= 15 is 0 Å². The van der Waals surface area contributed by atoms with E-state index in [4.69, 9.17) is 0 Å². The minimum atomic E-state index is -4.05. The second-order valence-corrected chi connectivity index (χ2v) is 10.6. The summed E-state index contributed by atoms with van der Waals surface area (Å²) in [6.45, 7) is 2.27. The van der Waals surface area contributed by atoms with Gasteiger partial charge in [0.1, 0.15) is 0 Å². The van der Waals surface area contributed by atoms with E-state index in [1.165, 1.54) is 70.3 Å². The Hall–Kier alpha value is -1.06. The molecular weight excluding hydrogens is 400 g/mol. The Labute approximate surface area is 185 Å². The van der Waals surface area contributed by atoms with Crippen LogP contribution in [0, 0.1) is 17.8 Å². The lowest BCUT2D eigenvalue weighted by molar-refractivity contribution is -0.224. The van der Waals surface area contributed by atoms with Crippen molar-refractivity contribution >= 4 is 0 Å². The summed E-state index contributed by atoms with van der Waals surface area (Å²) >= 11 is 0. The molecule has 2 fully saturated rings. The summed E-state index contributed by atoms with van der Waals surface area (Å²) in [5, 5.41) is 0. The molecular formula is C27H38F4. The van der Waals surface area contributed by atoms with Gasteiger partial charge in [0.2, 0.25) is 0 Å². The molecule has 174 valence electrons. The van der Waals surface area contributed by atoms with E-state index in [1.807, 2.05) is 6.07 Å². The smallest absolute Gasteiger partial charge is 0.199 e. The van der Waals surface area contributed by atoms with Gasteiger partial charge in [-0.3, -0.25) is 0 Å². The second-order valence-electron chi connectivity index (χ2n) is 10.6. The van der Waals surface area contributed by atoms with E-state index in [2.05, 4.69) is 6.92 Å². The summed E-state index contributed by atoms with van der Waals surface area (Å²) < 4.78 is 55.7. The Bertz CT molecular complexity index is 725. The molecule has 0 aliphatic heterocycles. The number of benzene rings is 1. The molecule has 31 heavy (non-hydrogen) atoms. The molecule has 3 aliphatic rings. The van der Waals surface area contributed by atoms with Gasteiger partial charge in [-0.25, -0.2) is 0 Å². The highest BCUT2D eigenvalue weighted by atomic mass is 19.3. The first-order chi connectivity index (χ1) is 14.8. The summed E-state index contributed by atoms with van der Waals surface area (Å²) in [4.78, 5) is 0. The number of halogens is 4. The molecule has 1 aromatic carbocycles. The maximum absolute atomic E-state index is 14.2. The molecule has 0 aromatic heterocycles. The van der Waals surface area contributed by atoms with Crippen LogP contribution in [-0.2, 0) is 12.3 Å². The molecule has 3 aliphatic carbocycles. The van der Waals surface area contributed by atoms with Crippen LogP contribution in [0.3, 0.4) is 0 Å². The van der Waals surface area contributed by atoms with Crippen molar-refractivity contribution in [3.05, 3.63) is 34.9 Å². The van der Waals surface area contributed by atoms with Gasteiger partial charge in [-0.2, -0.15) is 17.6 Å². The third-order valence-corrected chi connectivity index (χ3v) is 8.65. The summed E-state index contributed by atoms with van der Waals surface area (Å²) in [5.74, 6) is -4.97. The fourth-order valence-electron chi connectivity index (χ4n) is 6.58. The summed E-state index contributed by atoms with van der Waals surface area (Å²) in [5.41, 5.74) is 1.05. The Kier molecular flexibility index (Phi) is 7.03. The van der Waals surface area contributed by atoms with Crippen molar-refractivity contribution in [3.63, 3.8) is 0 Å². The average Bonchev–Trinajstić information content (AvgIpc) is 2.77. The lowest BCUT2D eigenvalue weighted by Crippen LogP contribution is -2.42. The molecule has 0 radical (unpaired) electrons. The minimum Gasteiger partial charge on any atom is -0.199 e. The maximum atomic E-state index is 14.2. The number of hydrogen-bond donors (Lipinski definition) is 0. The normalized spacial score (nSPS) is 32.4. The molecule has 0 bridgehead atoms. The van der Waals surface area contributed by atoms with Gasteiger partial charge in [0.05, 0.1) is 0 Å². The number of unbranched alkanes of at least 4 members (excludes halogenated alkanes) is 2. The Balaban J connectivity index is 1.30. The third kappa shape index (κ3) is 4.83. The minimum absolute atomic E-state index is 0.0443. The highest BCUT2D eigenvalue weighted by Gasteiger charge is 2.59. The fourth-order valence-corrected chi connectivity index (χ4v) is 6.58. The van der Waals surface area contributed by atoms with Gasteiger partial charge in [0, 0.05) is 12.0 Å². The van der Waals surface area contributed by atoms with Crippen molar-refractivity contribution in [3.8, 4) is 0 Å². The van der Waals surface area contributed by atoms with Crippen LogP contribution in [0.2, 0.25) is 0 Å². The molecule has 0 amide bonds. The number of alkyl halides is 4. The first-order valence-corrected chi connectivity index (χ1v) is 12.7. The van der Waals surface area contributed by atoms with Crippen molar-refractivity contribution in [2.45, 2.75) is 115 Å². The Morgan fingerprint density at radius 2 is 1.48 bits per heavy atom. The van der Waals surface area contributed by atoms with E-state index in [0.29, 0.717) is 11.5 Å². The Morgan fingerprint density at radius 1 is 0.839 bits per heavy atom. The standard InChI is InChI=1S/C27H38F4/c1-2-3-4-5-19-6-8-20(9-7-19)21-10-12-22(13-11-21)23-14-15-25-24(18-23)16-17-26(28,29)27(25,30)31/h14-15,18-22H,2-13,16-17H2,1H3. The van der Waals surface area contributed by atoms with Gasteiger partial charge >= 0.3 is 11.8 Å². The predicted molar refractivity (Wildman–Crippen MR) is 118 cm³/mol. The highest BCUT2D eigenvalue weighted by molar-refractivity contribution is 5.40. The van der Waals surface area contributed by atoms with Crippen molar-refractivity contribution < 1.29 is 17.6 Å². The van der Waals surface area contributed by atoms with Gasteiger partial charge in [0.25, 0.3) is 0 Å². The zero-order valence-electron chi connectivity index (χ0n) is 19.0. The number of aryl methyl sites for hydroxylation is 1. The van der Waals surface area contributed by atoms with Gasteiger partial charge in [-0.05, 0) is 79.7 Å². The molecule has 4 rings (SSSR count). The van der Waals surface area contributed by atoms with Gasteiger partial charge in [-0.1, -0.05) is 63.6 Å². The first-order valence-electron chi connectivity index (χ1n) is 12.7. The van der Waals surface area contributed by atoms with Crippen LogP contribution in [0.1, 0.15) is 113 Å². The van der Waals surface area contributed by atoms with Crippen molar-refractivity contribution in [2.75, 3.05) is 0 Å². The SMILES string of the molecule is CCCCCC1CCC(C2CCC(c3ccc4c(c3)CCC(F)(F)C4(F)F)CC2)CC1. The van der Waals surface area contributed by atoms with Crippen molar-refractivity contribution in [2.24, 2.45) is 17.8 Å². The van der Waals surface area contributed by atoms with Crippen LogP contribution in [0.25, 0.3) is 0 Å². The quantitative estimate of drug-likeness (QED) is 0.307. The second kappa shape index (κ2) is 9.43. The monoisotopic (exact) mass is 438 g/mol. The summed E-state index contributed by atoms with van der Waals surface area (Å²) in [6.07, 6.45) is 15.0. The van der Waals surface area contributed by atoms with Crippen molar-refractivity contribution in [1.29, 1.82) is 0 Å². The average molecular weight is 439 g/mol. The molecule has 0 saturated heterocycles. The molecule has 0 heterocycles. The Morgan fingerprint density at radius 3 is 2.13 bits per heavy atom. The molecule has 0 unspecified atom stereocenters. The fraction of sp³-hybridized carbons (Fsp3) is 0.778. The largest absolute Gasteiger partial charge is 0.335 e. The number of fused-ring (bicyclic) bond motifs is 1. The molecule has 4 heteroatoms. The van der Waals surface area contributed by atoms with Gasteiger partial charge in [-0.15, -0.1) is 0 Å². The molecule has 0 atom stereocenters. The van der Waals surface area contributed by atoms with E-state index in [0.717, 1.165) is 36.2 Å². The molecule has 1 aromatic rings. The van der Waals surface area contributed by atoms with Crippen LogP contribution in [-0.4, -0.2) is 5.92 Å². The topological polar surface area (TPSA) is 0 Å². The van der Waals surface area contributed by atoms with E-state index < -0.39 is 23.8 Å². The number of hydrogen-bond acceptors (Lipinski definition) is 0. The number of rotatable bonds is 6. The molecule has 0 nitrogen and oxygen atoms in total. The van der Waals surface area contributed by atoms with Crippen molar-refractivity contribution in [1.82, 2.24) is 0 Å². The molecule has 0 spiro atoms. The van der Waals surface area contributed by atoms with Gasteiger partial charge < -0.3 is 0 Å². The predicted octanol–water partition coefficient (Wildman–Crippen LogP) is 9.02. The lowest BCUT2D eigenvalue weighted by atomic mass is 9.67. The van der Waals surface area contributed by atoms with E-state index in [9.17, 15) is 17.6 Å². The van der Waals surface area contributed by atoms with Crippen LogP contribution < -0.4 is 0 Å². The third-order valence-electron chi connectivity index (χ3n) is 8.65. The van der Waals surface area contributed by atoms with E-state index in [1.54, 1.807) is 6.07 Å². The lowest BCUT2D eigenvalue weighted by Gasteiger charge is -2.38. The van der Waals surface area contributed by atoms with Crippen LogP contribution in [0.15, 0.2) is 18.2 Å². The summed E-state index contributed by atoms with van der Waals surface area (Å²) in [7, 11) is 0. The highest BCUT2D eigenvalue weighted by Crippen LogP contribution is 2.51. The van der Waals surface area contributed by atoms with Crippen LogP contribution in [0.5, 0.6) is 0 Å². The first kappa shape index (κ1) is 23.1. The zero-order valence-corrected chi connectivity index (χ0v) is 19.0. The van der Waals surface area contributed by atoms with E-state index in [-0.39, 0.29) is 6.42 Å². The summed E-state index contributed by atoms with van der Waals surface area (Å²) in [6, 6.07) is 4.79. The van der Waals surface area contributed by atoms with Crippen LogP contribution >= 0.6 is 0 Å². The maximum Gasteiger partial charge on any atom is 0.335 e. The molecule has 0 N–H and O–H groups in total. The zero-order chi connectivity index (χ0) is 22.1. The molecule has 2 saturated carbocycles. The van der Waals surface area contributed by atoms with Gasteiger partial charge in [0.15, 0.2) is 0 Å².